The largest absolute Gasteiger partial charge is 0.497 e. The lowest BCUT2D eigenvalue weighted by Crippen LogP contribution is -2.07. The smallest absolute Gasteiger partial charge is 0.418 e. The molecule has 0 saturated carbocycles. The van der Waals surface area contributed by atoms with Crippen molar-refractivity contribution < 1.29 is 22.3 Å². The quantitative estimate of drug-likeness (QED) is 0.653. The van der Waals surface area contributed by atoms with E-state index in [1.807, 2.05) is 0 Å². The average Bonchev–Trinajstić information content (AvgIpc) is 2.53. The molecule has 0 radical (unpaired) electrons. The predicted octanol–water partition coefficient (Wildman–Crippen LogP) is 4.46. The second kappa shape index (κ2) is 5.49. The molecule has 0 bridgehead atoms. The second-order valence-electron chi connectivity index (χ2n) is 4.77. The number of hydrogen-bond acceptors (Lipinski definition) is 3. The lowest BCUT2D eigenvalue weighted by atomic mass is 10.0. The van der Waals surface area contributed by atoms with E-state index >= 15 is 0 Å². The standard InChI is InChI=1S/C16H10F4N2O/c1-23-9-5-6-13(17)11(7-9)14-10-3-2-4-12(16(18,19)20)15(10)22-8-21-14/h2-8H,1H3. The van der Waals surface area contributed by atoms with Gasteiger partial charge in [0.25, 0.3) is 0 Å². The van der Waals surface area contributed by atoms with Gasteiger partial charge in [0, 0.05) is 10.9 Å². The molecule has 0 unspecified atom stereocenters. The molecular weight excluding hydrogens is 312 g/mol. The van der Waals surface area contributed by atoms with Crippen molar-refractivity contribution in [1.82, 2.24) is 9.97 Å². The third kappa shape index (κ3) is 2.69. The van der Waals surface area contributed by atoms with Crippen LogP contribution in [0.5, 0.6) is 5.75 Å². The summed E-state index contributed by atoms with van der Waals surface area (Å²) in [6.45, 7) is 0. The second-order valence-corrected chi connectivity index (χ2v) is 4.77. The molecule has 23 heavy (non-hydrogen) atoms. The van der Waals surface area contributed by atoms with Crippen LogP contribution < -0.4 is 4.74 Å². The first-order valence-corrected chi connectivity index (χ1v) is 6.56. The number of alkyl halides is 3. The SMILES string of the molecule is COc1ccc(F)c(-c2ncnc3c(C(F)(F)F)cccc23)c1. The third-order valence-corrected chi connectivity index (χ3v) is 3.40. The van der Waals surface area contributed by atoms with Gasteiger partial charge in [-0.3, -0.25) is 0 Å². The summed E-state index contributed by atoms with van der Waals surface area (Å²) in [4.78, 5) is 7.68. The Morgan fingerprint density at radius 1 is 1.04 bits per heavy atom. The first kappa shape index (κ1) is 15.2. The monoisotopic (exact) mass is 322 g/mol. The molecule has 0 aliphatic rings. The molecule has 0 aliphatic carbocycles. The molecule has 0 spiro atoms. The molecule has 0 N–H and O–H groups in total. The summed E-state index contributed by atoms with van der Waals surface area (Å²) in [5.74, 6) is -0.233. The zero-order valence-electron chi connectivity index (χ0n) is 11.9. The van der Waals surface area contributed by atoms with Crippen molar-refractivity contribution in [2.45, 2.75) is 6.18 Å². The van der Waals surface area contributed by atoms with Crippen LogP contribution in [-0.2, 0) is 6.18 Å². The molecule has 3 rings (SSSR count). The van der Waals surface area contributed by atoms with E-state index in [2.05, 4.69) is 9.97 Å². The van der Waals surface area contributed by atoms with Crippen molar-refractivity contribution >= 4 is 10.9 Å². The number of para-hydroxylation sites is 1. The fourth-order valence-electron chi connectivity index (χ4n) is 2.34. The molecule has 3 aromatic rings. The lowest BCUT2D eigenvalue weighted by molar-refractivity contribution is -0.136. The van der Waals surface area contributed by atoms with Crippen molar-refractivity contribution in [3.8, 4) is 17.0 Å². The average molecular weight is 322 g/mol. The zero-order valence-corrected chi connectivity index (χ0v) is 11.9. The maximum Gasteiger partial charge on any atom is 0.418 e. The Kier molecular flexibility index (Phi) is 3.63. The van der Waals surface area contributed by atoms with Gasteiger partial charge >= 0.3 is 6.18 Å². The van der Waals surface area contributed by atoms with Crippen molar-refractivity contribution in [3.63, 3.8) is 0 Å². The fourth-order valence-corrected chi connectivity index (χ4v) is 2.34. The van der Waals surface area contributed by atoms with Gasteiger partial charge in [-0.05, 0) is 24.3 Å². The van der Waals surface area contributed by atoms with Gasteiger partial charge in [0.05, 0.1) is 23.9 Å². The molecule has 118 valence electrons. The molecule has 0 aliphatic heterocycles. The number of rotatable bonds is 2. The zero-order chi connectivity index (χ0) is 16.6. The summed E-state index contributed by atoms with van der Waals surface area (Å²) in [6, 6.07) is 7.59. The van der Waals surface area contributed by atoms with Gasteiger partial charge in [0.2, 0.25) is 0 Å². The van der Waals surface area contributed by atoms with Crippen LogP contribution in [0.3, 0.4) is 0 Å². The summed E-state index contributed by atoms with van der Waals surface area (Å²) in [6.07, 6.45) is -3.57. The fraction of sp³-hybridized carbons (Fsp3) is 0.125. The van der Waals surface area contributed by atoms with E-state index < -0.39 is 17.6 Å². The molecule has 0 amide bonds. The van der Waals surface area contributed by atoms with E-state index in [1.54, 1.807) is 0 Å². The Morgan fingerprint density at radius 3 is 2.52 bits per heavy atom. The number of ether oxygens (including phenoxy) is 1. The van der Waals surface area contributed by atoms with Gasteiger partial charge in [-0.25, -0.2) is 14.4 Å². The first-order chi connectivity index (χ1) is 10.9. The molecule has 1 heterocycles. The Hall–Kier alpha value is -2.70. The van der Waals surface area contributed by atoms with Crippen molar-refractivity contribution in [2.75, 3.05) is 7.11 Å². The van der Waals surface area contributed by atoms with Gasteiger partial charge in [-0.1, -0.05) is 12.1 Å². The summed E-state index contributed by atoms with van der Waals surface area (Å²) in [5.41, 5.74) is -1.03. The van der Waals surface area contributed by atoms with Crippen molar-refractivity contribution in [1.29, 1.82) is 0 Å². The highest BCUT2D eigenvalue weighted by molar-refractivity contribution is 5.94. The highest BCUT2D eigenvalue weighted by Crippen LogP contribution is 2.37. The van der Waals surface area contributed by atoms with Gasteiger partial charge in [0.1, 0.15) is 17.9 Å². The molecule has 0 atom stereocenters. The maximum absolute atomic E-state index is 14.1. The maximum atomic E-state index is 14.1. The molecule has 7 heteroatoms. The van der Waals surface area contributed by atoms with E-state index in [-0.39, 0.29) is 22.2 Å². The van der Waals surface area contributed by atoms with Crippen LogP contribution in [0.1, 0.15) is 5.56 Å². The summed E-state index contributed by atoms with van der Waals surface area (Å²) in [5, 5.41) is 0.120. The van der Waals surface area contributed by atoms with Crippen LogP contribution in [0.25, 0.3) is 22.2 Å². The molecule has 1 aromatic heterocycles. The number of nitrogens with zero attached hydrogens (tertiary/aromatic N) is 2. The lowest BCUT2D eigenvalue weighted by Gasteiger charge is -2.12. The Bertz CT molecular complexity index is 878. The number of methoxy groups -OCH3 is 1. The minimum atomic E-state index is -4.56. The number of halogens is 4. The third-order valence-electron chi connectivity index (χ3n) is 3.40. The minimum absolute atomic E-state index is 0.0519. The number of fused-ring (bicyclic) bond motifs is 1. The van der Waals surface area contributed by atoms with Gasteiger partial charge in [-0.15, -0.1) is 0 Å². The highest BCUT2D eigenvalue weighted by Gasteiger charge is 2.33. The molecule has 2 aromatic carbocycles. The minimum Gasteiger partial charge on any atom is -0.497 e. The van der Waals surface area contributed by atoms with Crippen LogP contribution in [-0.4, -0.2) is 17.1 Å². The van der Waals surface area contributed by atoms with Gasteiger partial charge in [-0.2, -0.15) is 13.2 Å². The van der Waals surface area contributed by atoms with E-state index in [4.69, 9.17) is 4.74 Å². The molecule has 3 nitrogen and oxygen atoms in total. The normalized spacial score (nSPS) is 11.7. The number of aromatic nitrogens is 2. The summed E-state index contributed by atoms with van der Waals surface area (Å²) in [7, 11) is 1.41. The van der Waals surface area contributed by atoms with E-state index in [1.165, 1.54) is 37.4 Å². The van der Waals surface area contributed by atoms with Crippen molar-refractivity contribution in [3.05, 3.63) is 54.1 Å². The Balaban J connectivity index is 2.32. The van der Waals surface area contributed by atoms with E-state index in [9.17, 15) is 17.6 Å². The number of hydrogen-bond donors (Lipinski definition) is 0. The van der Waals surface area contributed by atoms with Crippen LogP contribution >= 0.6 is 0 Å². The van der Waals surface area contributed by atoms with Gasteiger partial charge < -0.3 is 4.74 Å². The Labute approximate surface area is 128 Å². The van der Waals surface area contributed by atoms with Crippen LogP contribution in [0.4, 0.5) is 17.6 Å². The Morgan fingerprint density at radius 2 is 1.83 bits per heavy atom. The van der Waals surface area contributed by atoms with Crippen LogP contribution in [0.15, 0.2) is 42.7 Å². The molecular formula is C16H10F4N2O. The molecule has 0 saturated heterocycles. The predicted molar refractivity (Wildman–Crippen MR) is 76.5 cm³/mol. The number of benzene rings is 2. The summed E-state index contributed by atoms with van der Waals surface area (Å²) >= 11 is 0. The van der Waals surface area contributed by atoms with Crippen LogP contribution in [0.2, 0.25) is 0 Å². The first-order valence-electron chi connectivity index (χ1n) is 6.56. The summed E-state index contributed by atoms with van der Waals surface area (Å²) < 4.78 is 58.4. The van der Waals surface area contributed by atoms with E-state index in [0.29, 0.717) is 5.75 Å². The van der Waals surface area contributed by atoms with Gasteiger partial charge in [0.15, 0.2) is 0 Å². The topological polar surface area (TPSA) is 35.0 Å². The van der Waals surface area contributed by atoms with E-state index in [0.717, 1.165) is 12.4 Å². The van der Waals surface area contributed by atoms with Crippen LogP contribution in [0, 0.1) is 5.82 Å². The highest BCUT2D eigenvalue weighted by atomic mass is 19.4. The molecule has 0 fully saturated rings. The van der Waals surface area contributed by atoms with Crippen molar-refractivity contribution in [2.24, 2.45) is 0 Å².